The molecule has 0 saturated heterocycles. The molecule has 9 aromatic carbocycles. The molecule has 0 fully saturated rings. The van der Waals surface area contributed by atoms with Crippen molar-refractivity contribution in [2.45, 2.75) is 0 Å². The van der Waals surface area contributed by atoms with Gasteiger partial charge in [-0.2, -0.15) is 0 Å². The van der Waals surface area contributed by atoms with E-state index in [1.165, 1.54) is 16.5 Å². The molecule has 270 valence electrons. The Kier molecular flexibility index (Phi) is 7.16. The van der Waals surface area contributed by atoms with E-state index >= 15 is 0 Å². The summed E-state index contributed by atoms with van der Waals surface area (Å²) in [5.74, 6) is 1.72. The van der Waals surface area contributed by atoms with Crippen LogP contribution in [0, 0.1) is 0 Å². The van der Waals surface area contributed by atoms with E-state index in [9.17, 15) is 0 Å². The van der Waals surface area contributed by atoms with Crippen molar-refractivity contribution in [2.24, 2.45) is 0 Å². The minimum absolute atomic E-state index is 0.562. The summed E-state index contributed by atoms with van der Waals surface area (Å²) in [6.45, 7) is 0. The Balaban J connectivity index is 1.10. The molecule has 0 N–H and O–H groups in total. The van der Waals surface area contributed by atoms with Gasteiger partial charge in [0.2, 0.25) is 0 Å². The van der Waals surface area contributed by atoms with Crippen molar-refractivity contribution in [3.05, 3.63) is 188 Å². The molecular formula is C53H31N3O2. The van der Waals surface area contributed by atoms with Crippen molar-refractivity contribution in [3.63, 3.8) is 0 Å². The molecule has 0 saturated carbocycles. The second-order valence-electron chi connectivity index (χ2n) is 14.8. The molecular weight excluding hydrogens is 711 g/mol. The molecule has 58 heavy (non-hydrogen) atoms. The first-order valence-corrected chi connectivity index (χ1v) is 19.4. The summed E-state index contributed by atoms with van der Waals surface area (Å²) < 4.78 is 13.1. The molecule has 12 aromatic rings. The molecule has 3 heterocycles. The fraction of sp³-hybridized carbons (Fsp3) is 0. The third-order valence-corrected chi connectivity index (χ3v) is 11.3. The van der Waals surface area contributed by atoms with Gasteiger partial charge >= 0.3 is 0 Å². The average molecular weight is 742 g/mol. The van der Waals surface area contributed by atoms with Gasteiger partial charge in [0.25, 0.3) is 0 Å². The van der Waals surface area contributed by atoms with E-state index in [-0.39, 0.29) is 0 Å². The summed E-state index contributed by atoms with van der Waals surface area (Å²) in [7, 11) is 0. The number of para-hydroxylation sites is 2. The quantitative estimate of drug-likeness (QED) is 0.176. The lowest BCUT2D eigenvalue weighted by Gasteiger charge is -2.12. The molecule has 0 amide bonds. The number of aromatic nitrogens is 3. The number of furan rings is 2. The summed E-state index contributed by atoms with van der Waals surface area (Å²) in [5.41, 5.74) is 10.3. The maximum absolute atomic E-state index is 6.80. The van der Waals surface area contributed by atoms with Crippen LogP contribution in [0.25, 0.3) is 122 Å². The van der Waals surface area contributed by atoms with Crippen LogP contribution in [0.4, 0.5) is 0 Å². The van der Waals surface area contributed by atoms with Crippen LogP contribution in [-0.2, 0) is 0 Å². The second kappa shape index (κ2) is 12.8. The topological polar surface area (TPSA) is 65.0 Å². The first-order chi connectivity index (χ1) is 28.7. The predicted molar refractivity (Wildman–Crippen MR) is 237 cm³/mol. The highest BCUT2D eigenvalue weighted by Gasteiger charge is 2.22. The zero-order valence-corrected chi connectivity index (χ0v) is 31.1. The van der Waals surface area contributed by atoms with E-state index in [1.807, 2.05) is 42.5 Å². The lowest BCUT2D eigenvalue weighted by molar-refractivity contribution is 0.669. The molecule has 5 nitrogen and oxygen atoms in total. The highest BCUT2D eigenvalue weighted by atomic mass is 16.3. The van der Waals surface area contributed by atoms with Crippen molar-refractivity contribution < 1.29 is 8.83 Å². The normalized spacial score (nSPS) is 11.8. The average Bonchev–Trinajstić information content (AvgIpc) is 3.88. The van der Waals surface area contributed by atoms with E-state index < -0.39 is 0 Å². The molecule has 0 spiro atoms. The van der Waals surface area contributed by atoms with Gasteiger partial charge in [-0.3, -0.25) is 0 Å². The molecule has 0 aliphatic heterocycles. The van der Waals surface area contributed by atoms with Crippen LogP contribution < -0.4 is 0 Å². The predicted octanol–water partition coefficient (Wildman–Crippen LogP) is 14.3. The van der Waals surface area contributed by atoms with Gasteiger partial charge in [-0.05, 0) is 86.8 Å². The fourth-order valence-electron chi connectivity index (χ4n) is 8.50. The zero-order chi connectivity index (χ0) is 38.2. The minimum Gasteiger partial charge on any atom is -0.456 e. The van der Waals surface area contributed by atoms with Crippen LogP contribution in [-0.4, -0.2) is 15.0 Å². The molecule has 0 aliphatic rings. The smallest absolute Gasteiger partial charge is 0.164 e. The zero-order valence-electron chi connectivity index (χ0n) is 31.1. The molecule has 12 rings (SSSR count). The van der Waals surface area contributed by atoms with Gasteiger partial charge in [-0.25, -0.2) is 15.0 Å². The standard InChI is InChI=1S/C53H31N3O2/c1-2-11-32(12-3-1)36-24-21-34-22-25-37(31-39(34)30-36)40-27-28-44(49-42-16-7-9-19-46(42)58-50(40)49)53-55-51(38-26-23-33-13-4-5-14-35(33)29-38)54-52(56-53)43-17-10-20-47-48(43)41-15-6-8-18-45(41)57-47/h1-31H. The fourth-order valence-corrected chi connectivity index (χ4v) is 8.50. The Hall–Kier alpha value is -7.89. The van der Waals surface area contributed by atoms with Gasteiger partial charge in [-0.1, -0.05) is 140 Å². The van der Waals surface area contributed by atoms with Crippen molar-refractivity contribution in [1.29, 1.82) is 0 Å². The summed E-state index contributed by atoms with van der Waals surface area (Å²) in [4.78, 5) is 15.8. The Morgan fingerprint density at radius 3 is 1.66 bits per heavy atom. The van der Waals surface area contributed by atoms with E-state index in [0.717, 1.165) is 87.9 Å². The summed E-state index contributed by atoms with van der Waals surface area (Å²) in [5, 5.41) is 8.56. The third kappa shape index (κ3) is 5.21. The summed E-state index contributed by atoms with van der Waals surface area (Å²) >= 11 is 0. The van der Waals surface area contributed by atoms with E-state index in [2.05, 4.69) is 146 Å². The maximum Gasteiger partial charge on any atom is 0.164 e. The first-order valence-electron chi connectivity index (χ1n) is 19.4. The Morgan fingerprint density at radius 2 is 0.845 bits per heavy atom. The highest BCUT2D eigenvalue weighted by molar-refractivity contribution is 6.16. The summed E-state index contributed by atoms with van der Waals surface area (Å²) in [6.07, 6.45) is 0. The SMILES string of the molecule is c1ccc(-c2ccc3ccc(-c4ccc(-c5nc(-c6ccc7ccccc7c6)nc(-c6cccc7oc8ccccc8c67)n5)c5c4oc4ccccc45)cc3c2)cc1. The number of fused-ring (bicyclic) bond motifs is 8. The lowest BCUT2D eigenvalue weighted by Crippen LogP contribution is -2.01. The van der Waals surface area contributed by atoms with Crippen LogP contribution in [0.5, 0.6) is 0 Å². The monoisotopic (exact) mass is 741 g/mol. The Morgan fingerprint density at radius 1 is 0.293 bits per heavy atom. The number of rotatable bonds is 5. The number of benzene rings is 9. The van der Waals surface area contributed by atoms with Crippen molar-refractivity contribution in [2.75, 3.05) is 0 Å². The van der Waals surface area contributed by atoms with Gasteiger partial charge < -0.3 is 8.83 Å². The third-order valence-electron chi connectivity index (χ3n) is 11.3. The maximum atomic E-state index is 6.80. The molecule has 5 heteroatoms. The Bertz CT molecular complexity index is 3580. The number of hydrogen-bond acceptors (Lipinski definition) is 5. The molecule has 0 radical (unpaired) electrons. The lowest BCUT2D eigenvalue weighted by atomic mass is 9.95. The number of nitrogens with zero attached hydrogens (tertiary/aromatic N) is 3. The van der Waals surface area contributed by atoms with Crippen molar-refractivity contribution in [1.82, 2.24) is 15.0 Å². The minimum atomic E-state index is 0.562. The molecule has 0 aliphatic carbocycles. The Labute approximate surface area is 332 Å². The second-order valence-corrected chi connectivity index (χ2v) is 14.8. The first kappa shape index (κ1) is 32.4. The van der Waals surface area contributed by atoms with E-state index in [4.69, 9.17) is 23.8 Å². The summed E-state index contributed by atoms with van der Waals surface area (Å²) in [6, 6.07) is 65.2. The molecule has 0 bridgehead atoms. The van der Waals surface area contributed by atoms with Crippen LogP contribution in [0.2, 0.25) is 0 Å². The van der Waals surface area contributed by atoms with Gasteiger partial charge in [0.05, 0.1) is 0 Å². The molecule has 3 aromatic heterocycles. The molecule has 0 atom stereocenters. The van der Waals surface area contributed by atoms with Gasteiger partial charge in [0.15, 0.2) is 17.5 Å². The van der Waals surface area contributed by atoms with Crippen molar-refractivity contribution in [3.8, 4) is 56.4 Å². The van der Waals surface area contributed by atoms with Crippen LogP contribution in [0.3, 0.4) is 0 Å². The van der Waals surface area contributed by atoms with Crippen LogP contribution >= 0.6 is 0 Å². The molecule has 0 unspecified atom stereocenters. The number of hydrogen-bond donors (Lipinski definition) is 0. The van der Waals surface area contributed by atoms with E-state index in [1.54, 1.807) is 0 Å². The van der Waals surface area contributed by atoms with Gasteiger partial charge in [-0.15, -0.1) is 0 Å². The van der Waals surface area contributed by atoms with Gasteiger partial charge in [0.1, 0.15) is 22.3 Å². The van der Waals surface area contributed by atoms with Crippen molar-refractivity contribution >= 4 is 65.4 Å². The largest absolute Gasteiger partial charge is 0.456 e. The van der Waals surface area contributed by atoms with Crippen LogP contribution in [0.15, 0.2) is 197 Å². The van der Waals surface area contributed by atoms with E-state index in [0.29, 0.717) is 17.5 Å². The highest BCUT2D eigenvalue weighted by Crippen LogP contribution is 2.43. The van der Waals surface area contributed by atoms with Crippen LogP contribution in [0.1, 0.15) is 0 Å². The van der Waals surface area contributed by atoms with Gasteiger partial charge in [0, 0.05) is 43.8 Å².